The first-order valence-corrected chi connectivity index (χ1v) is 4.66. The van der Waals surface area contributed by atoms with Crippen molar-refractivity contribution >= 4 is 11.8 Å². The smallest absolute Gasteiger partial charge is 0.362 e. The molecule has 4 nitrogen and oxygen atoms in total. The minimum atomic E-state index is -0.928. The van der Waals surface area contributed by atoms with Crippen molar-refractivity contribution in [3.63, 3.8) is 0 Å². The lowest BCUT2D eigenvalue weighted by Crippen LogP contribution is -2.65. The second kappa shape index (κ2) is 4.70. The molecule has 0 saturated heterocycles. The molecular weight excluding hydrogens is 194 g/mol. The Morgan fingerprint density at radius 1 is 1.47 bits per heavy atom. The van der Waals surface area contributed by atoms with Crippen LogP contribution in [0.15, 0.2) is 24.3 Å². The summed E-state index contributed by atoms with van der Waals surface area (Å²) < 4.78 is 0. The maximum absolute atomic E-state index is 11.1. The van der Waals surface area contributed by atoms with Gasteiger partial charge in [0.25, 0.3) is 0 Å². The number of carbonyl (C=O) groups excluding carboxylic acids is 1. The van der Waals surface area contributed by atoms with Crippen molar-refractivity contribution in [3.8, 4) is 0 Å². The van der Waals surface area contributed by atoms with Gasteiger partial charge in [0, 0.05) is 12.0 Å². The molecule has 1 atom stereocenters. The summed E-state index contributed by atoms with van der Waals surface area (Å²) in [6.07, 6.45) is 0.344. The largest absolute Gasteiger partial charge is 0.477 e. The van der Waals surface area contributed by atoms with Crippen molar-refractivity contribution in [3.05, 3.63) is 35.4 Å². The molecule has 0 bridgehead atoms. The van der Waals surface area contributed by atoms with Crippen LogP contribution in [-0.4, -0.2) is 22.9 Å². The van der Waals surface area contributed by atoms with Gasteiger partial charge in [0.1, 0.15) is 0 Å². The number of ketones is 1. The van der Waals surface area contributed by atoms with Gasteiger partial charge < -0.3 is 10.8 Å². The Morgan fingerprint density at radius 2 is 2.13 bits per heavy atom. The Morgan fingerprint density at radius 3 is 2.67 bits per heavy atom. The van der Waals surface area contributed by atoms with Gasteiger partial charge in [-0.25, -0.2) is 4.79 Å². The van der Waals surface area contributed by atoms with E-state index in [1.54, 1.807) is 24.3 Å². The lowest BCUT2D eigenvalue weighted by molar-refractivity contribution is -0.407. The molecule has 0 aliphatic rings. The maximum Gasteiger partial charge on any atom is 0.362 e. The summed E-state index contributed by atoms with van der Waals surface area (Å²) in [5.74, 6) is -0.948. The number of carbonyl (C=O) groups is 2. The fourth-order valence-corrected chi connectivity index (χ4v) is 1.29. The van der Waals surface area contributed by atoms with Crippen LogP contribution in [0.1, 0.15) is 22.8 Å². The van der Waals surface area contributed by atoms with E-state index in [0.717, 1.165) is 5.56 Å². The van der Waals surface area contributed by atoms with E-state index < -0.39 is 12.0 Å². The molecule has 0 aromatic heterocycles. The zero-order chi connectivity index (χ0) is 11.4. The Hall–Kier alpha value is -1.68. The third-order valence-electron chi connectivity index (χ3n) is 2.16. The number of Topliss-reactive ketones (excluding diaryl/α,β-unsaturated/α-hetero) is 1. The molecule has 0 saturated carbocycles. The zero-order valence-electron chi connectivity index (χ0n) is 8.56. The lowest BCUT2D eigenvalue weighted by Gasteiger charge is -2.04. The van der Waals surface area contributed by atoms with Gasteiger partial charge in [0.15, 0.2) is 11.8 Å². The van der Waals surface area contributed by atoms with Crippen LogP contribution in [0.5, 0.6) is 0 Å². The molecule has 0 radical (unpaired) electrons. The standard InChI is InChI=1S/C11H13NO3/c1-7(13)9-4-2-3-8(5-9)6-10(12)11(14)15/h2-5,10H,6,12H2,1H3,(H,14,15)/p+1. The molecule has 1 unspecified atom stereocenters. The van der Waals surface area contributed by atoms with Crippen LogP contribution in [0.4, 0.5) is 0 Å². The molecule has 1 rings (SSSR count). The predicted molar refractivity (Wildman–Crippen MR) is 54.5 cm³/mol. The van der Waals surface area contributed by atoms with Crippen molar-refractivity contribution in [2.75, 3.05) is 0 Å². The molecule has 0 spiro atoms. The van der Waals surface area contributed by atoms with E-state index in [9.17, 15) is 9.59 Å². The molecule has 0 aliphatic heterocycles. The summed E-state index contributed by atoms with van der Waals surface area (Å²) in [6, 6.07) is 6.30. The van der Waals surface area contributed by atoms with E-state index in [1.165, 1.54) is 6.92 Å². The van der Waals surface area contributed by atoms with E-state index in [2.05, 4.69) is 5.73 Å². The quantitative estimate of drug-likeness (QED) is 0.690. The molecule has 15 heavy (non-hydrogen) atoms. The number of carboxylic acids is 1. The van der Waals surface area contributed by atoms with Gasteiger partial charge in [0.05, 0.1) is 0 Å². The predicted octanol–water partition coefficient (Wildman–Crippen LogP) is 0.127. The molecule has 0 heterocycles. The lowest BCUT2D eigenvalue weighted by atomic mass is 10.0. The first kappa shape index (κ1) is 11.4. The van der Waals surface area contributed by atoms with Crippen LogP contribution in [0.25, 0.3) is 0 Å². The topological polar surface area (TPSA) is 82.0 Å². The summed E-state index contributed by atoms with van der Waals surface area (Å²) in [6.45, 7) is 1.48. The van der Waals surface area contributed by atoms with Crippen LogP contribution >= 0.6 is 0 Å². The third-order valence-corrected chi connectivity index (χ3v) is 2.16. The van der Waals surface area contributed by atoms with Gasteiger partial charge in [-0.05, 0) is 18.6 Å². The molecule has 4 N–H and O–H groups in total. The highest BCUT2D eigenvalue weighted by atomic mass is 16.4. The second-order valence-corrected chi connectivity index (χ2v) is 3.50. The average Bonchev–Trinajstić information content (AvgIpc) is 2.18. The van der Waals surface area contributed by atoms with E-state index in [-0.39, 0.29) is 5.78 Å². The molecule has 0 aliphatic carbocycles. The first-order chi connectivity index (χ1) is 7.00. The third kappa shape index (κ3) is 3.18. The summed E-state index contributed by atoms with van der Waals surface area (Å²) in [5.41, 5.74) is 4.95. The van der Waals surface area contributed by atoms with Gasteiger partial charge in [0.2, 0.25) is 0 Å². The van der Waals surface area contributed by atoms with Crippen molar-refractivity contribution in [2.45, 2.75) is 19.4 Å². The average molecular weight is 208 g/mol. The normalized spacial score (nSPS) is 12.1. The maximum atomic E-state index is 11.1. The van der Waals surface area contributed by atoms with Gasteiger partial charge >= 0.3 is 5.97 Å². The van der Waals surface area contributed by atoms with Gasteiger partial charge in [-0.1, -0.05) is 18.2 Å². The van der Waals surface area contributed by atoms with E-state index in [1.807, 2.05) is 0 Å². The fraction of sp³-hybridized carbons (Fsp3) is 0.273. The molecule has 1 aromatic carbocycles. The van der Waals surface area contributed by atoms with Crippen molar-refractivity contribution < 1.29 is 20.4 Å². The number of aliphatic carboxylic acids is 1. The van der Waals surface area contributed by atoms with Crippen LogP contribution in [0, 0.1) is 0 Å². The highest BCUT2D eigenvalue weighted by Gasteiger charge is 2.16. The second-order valence-electron chi connectivity index (χ2n) is 3.50. The van der Waals surface area contributed by atoms with Crippen LogP contribution < -0.4 is 5.73 Å². The summed E-state index contributed by atoms with van der Waals surface area (Å²) in [7, 11) is 0. The number of rotatable bonds is 4. The monoisotopic (exact) mass is 208 g/mol. The minimum absolute atomic E-state index is 0.0206. The number of hydrogen-bond acceptors (Lipinski definition) is 2. The van der Waals surface area contributed by atoms with Crippen molar-refractivity contribution in [1.29, 1.82) is 0 Å². The molecule has 0 amide bonds. The Balaban J connectivity index is 2.82. The van der Waals surface area contributed by atoms with E-state index in [0.29, 0.717) is 12.0 Å². The molecular formula is C11H14NO3+. The Labute approximate surface area is 87.7 Å². The van der Waals surface area contributed by atoms with Gasteiger partial charge in [-0.3, -0.25) is 4.79 Å². The van der Waals surface area contributed by atoms with Crippen LogP contribution in [-0.2, 0) is 11.2 Å². The number of carboxylic acid groups (broad SMARTS) is 1. The number of quaternary nitrogens is 1. The van der Waals surface area contributed by atoms with E-state index >= 15 is 0 Å². The highest BCUT2D eigenvalue weighted by Crippen LogP contribution is 2.07. The first-order valence-electron chi connectivity index (χ1n) is 4.66. The molecule has 4 heteroatoms. The SMILES string of the molecule is CC(=O)c1cccc(CC([NH3+])C(=O)O)c1. The Bertz CT molecular complexity index is 387. The minimum Gasteiger partial charge on any atom is -0.477 e. The molecule has 0 fully saturated rings. The number of hydrogen-bond donors (Lipinski definition) is 2. The van der Waals surface area contributed by atoms with Gasteiger partial charge in [-0.15, -0.1) is 0 Å². The summed E-state index contributed by atoms with van der Waals surface area (Å²) >= 11 is 0. The Kier molecular flexibility index (Phi) is 3.57. The van der Waals surface area contributed by atoms with Gasteiger partial charge in [-0.2, -0.15) is 0 Å². The molecule has 80 valence electrons. The van der Waals surface area contributed by atoms with E-state index in [4.69, 9.17) is 5.11 Å². The highest BCUT2D eigenvalue weighted by molar-refractivity contribution is 5.94. The van der Waals surface area contributed by atoms with Crippen LogP contribution in [0.2, 0.25) is 0 Å². The summed E-state index contributed by atoms with van der Waals surface area (Å²) in [5, 5.41) is 8.69. The van der Waals surface area contributed by atoms with Crippen molar-refractivity contribution in [2.24, 2.45) is 0 Å². The zero-order valence-corrected chi connectivity index (χ0v) is 8.56. The summed E-state index contributed by atoms with van der Waals surface area (Å²) in [4.78, 5) is 21.7. The molecule has 1 aromatic rings. The van der Waals surface area contributed by atoms with Crippen LogP contribution in [0.3, 0.4) is 0 Å². The fourth-order valence-electron chi connectivity index (χ4n) is 1.29. The number of benzene rings is 1. The van der Waals surface area contributed by atoms with Crippen molar-refractivity contribution in [1.82, 2.24) is 0 Å².